The molecule has 0 spiro atoms. The summed E-state index contributed by atoms with van der Waals surface area (Å²) in [5.41, 5.74) is 1.41. The van der Waals surface area contributed by atoms with E-state index in [0.29, 0.717) is 0 Å². The maximum Gasteiger partial charge on any atom is 0.102 e. The van der Waals surface area contributed by atoms with Gasteiger partial charge < -0.3 is 9.80 Å². The van der Waals surface area contributed by atoms with Crippen molar-refractivity contribution in [1.29, 1.82) is 0 Å². The van der Waals surface area contributed by atoms with E-state index in [1.54, 1.807) is 0 Å². The molecule has 0 aromatic rings. The minimum atomic E-state index is 1.09. The molecule has 0 aromatic carbocycles. The first-order chi connectivity index (χ1) is 6.62. The summed E-state index contributed by atoms with van der Waals surface area (Å²) in [6.07, 6.45) is 0. The normalized spacial score (nSPS) is 9.86. The number of allylic oxidation sites excluding steroid dienone is 1. The molecule has 0 atom stereocenters. The molecule has 14 heavy (non-hydrogen) atoms. The average molecular weight is 198 g/mol. The Morgan fingerprint density at radius 1 is 0.714 bits per heavy atom. The van der Waals surface area contributed by atoms with Crippen LogP contribution in [0.1, 0.15) is 41.5 Å². The third-order valence-electron chi connectivity index (χ3n) is 2.57. The summed E-state index contributed by atoms with van der Waals surface area (Å²) in [6, 6.07) is 0. The molecule has 0 fully saturated rings. The zero-order valence-electron chi connectivity index (χ0n) is 10.7. The van der Waals surface area contributed by atoms with Crippen molar-refractivity contribution in [1.82, 2.24) is 9.80 Å². The van der Waals surface area contributed by atoms with E-state index in [-0.39, 0.29) is 0 Å². The fourth-order valence-corrected chi connectivity index (χ4v) is 1.88. The molecule has 0 aliphatic rings. The Balaban J connectivity index is 4.84. The van der Waals surface area contributed by atoms with E-state index in [9.17, 15) is 0 Å². The Morgan fingerprint density at radius 2 is 1.00 bits per heavy atom. The van der Waals surface area contributed by atoms with E-state index >= 15 is 0 Å². The van der Waals surface area contributed by atoms with E-state index in [4.69, 9.17) is 0 Å². The van der Waals surface area contributed by atoms with Crippen molar-refractivity contribution in [2.45, 2.75) is 41.5 Å². The van der Waals surface area contributed by atoms with Crippen molar-refractivity contribution in [3.05, 3.63) is 11.4 Å². The second kappa shape index (κ2) is 6.74. The van der Waals surface area contributed by atoms with Crippen LogP contribution in [0.3, 0.4) is 0 Å². The van der Waals surface area contributed by atoms with Gasteiger partial charge >= 0.3 is 0 Å². The summed E-state index contributed by atoms with van der Waals surface area (Å²) < 4.78 is 0. The van der Waals surface area contributed by atoms with Crippen molar-refractivity contribution in [3.63, 3.8) is 0 Å². The van der Waals surface area contributed by atoms with Crippen LogP contribution in [0.25, 0.3) is 0 Å². The maximum absolute atomic E-state index is 2.43. The number of nitrogens with zero attached hydrogens (tertiary/aromatic N) is 2. The number of rotatable bonds is 6. The summed E-state index contributed by atoms with van der Waals surface area (Å²) in [5.74, 6) is 1.42. The molecule has 0 saturated heterocycles. The second-order valence-electron chi connectivity index (χ2n) is 3.67. The van der Waals surface area contributed by atoms with Gasteiger partial charge in [0.1, 0.15) is 5.82 Å². The summed E-state index contributed by atoms with van der Waals surface area (Å²) in [6.45, 7) is 17.6. The van der Waals surface area contributed by atoms with Crippen LogP contribution >= 0.6 is 0 Å². The Hall–Kier alpha value is -0.660. The van der Waals surface area contributed by atoms with Crippen molar-refractivity contribution in [2.75, 3.05) is 26.2 Å². The molecule has 0 N–H and O–H groups in total. The van der Waals surface area contributed by atoms with Crippen LogP contribution in [-0.4, -0.2) is 36.0 Å². The highest BCUT2D eigenvalue weighted by Gasteiger charge is 2.12. The van der Waals surface area contributed by atoms with Crippen LogP contribution in [0.4, 0.5) is 0 Å². The van der Waals surface area contributed by atoms with Gasteiger partial charge in [0.25, 0.3) is 0 Å². The largest absolute Gasteiger partial charge is 0.359 e. The SMILES string of the molecule is CCN(CC)C(=C(C)C)N(CC)CC. The maximum atomic E-state index is 2.43. The predicted octanol–water partition coefficient (Wildman–Crippen LogP) is 2.92. The average Bonchev–Trinajstić information content (AvgIpc) is 2.18. The van der Waals surface area contributed by atoms with Gasteiger partial charge in [-0.3, -0.25) is 0 Å². The number of hydrogen-bond donors (Lipinski definition) is 0. The molecule has 0 aromatic heterocycles. The van der Waals surface area contributed by atoms with E-state index in [1.165, 1.54) is 11.4 Å². The van der Waals surface area contributed by atoms with Gasteiger partial charge in [-0.25, -0.2) is 0 Å². The quantitative estimate of drug-likeness (QED) is 0.647. The molecule has 0 unspecified atom stereocenters. The fourth-order valence-electron chi connectivity index (χ4n) is 1.88. The first-order valence-corrected chi connectivity index (χ1v) is 5.79. The molecule has 84 valence electrons. The van der Waals surface area contributed by atoms with Gasteiger partial charge in [-0.1, -0.05) is 0 Å². The van der Waals surface area contributed by atoms with E-state index in [0.717, 1.165) is 26.2 Å². The van der Waals surface area contributed by atoms with Crippen LogP contribution in [0, 0.1) is 0 Å². The molecule has 0 amide bonds. The van der Waals surface area contributed by atoms with Crippen LogP contribution in [0.5, 0.6) is 0 Å². The van der Waals surface area contributed by atoms with Gasteiger partial charge in [0, 0.05) is 26.2 Å². The van der Waals surface area contributed by atoms with Crippen molar-refractivity contribution in [2.24, 2.45) is 0 Å². The molecule has 0 bridgehead atoms. The summed E-state index contributed by atoms with van der Waals surface area (Å²) in [5, 5.41) is 0. The molecule has 0 aliphatic heterocycles. The first kappa shape index (κ1) is 13.3. The van der Waals surface area contributed by atoms with E-state index < -0.39 is 0 Å². The lowest BCUT2D eigenvalue weighted by Gasteiger charge is -2.35. The highest BCUT2D eigenvalue weighted by molar-refractivity contribution is 5.07. The lowest BCUT2D eigenvalue weighted by molar-refractivity contribution is 0.230. The van der Waals surface area contributed by atoms with Gasteiger partial charge in [0.15, 0.2) is 0 Å². The zero-order chi connectivity index (χ0) is 11.1. The Kier molecular flexibility index (Phi) is 6.43. The van der Waals surface area contributed by atoms with Crippen LogP contribution in [-0.2, 0) is 0 Å². The zero-order valence-corrected chi connectivity index (χ0v) is 10.7. The molecule has 0 heterocycles. The molecular weight excluding hydrogens is 172 g/mol. The Bertz CT molecular complexity index is 159. The summed E-state index contributed by atoms with van der Waals surface area (Å²) >= 11 is 0. The highest BCUT2D eigenvalue weighted by Crippen LogP contribution is 2.14. The summed E-state index contributed by atoms with van der Waals surface area (Å²) in [4.78, 5) is 4.87. The molecule has 0 radical (unpaired) electrons. The predicted molar refractivity (Wildman–Crippen MR) is 64.2 cm³/mol. The van der Waals surface area contributed by atoms with Gasteiger partial charge in [0.05, 0.1) is 0 Å². The van der Waals surface area contributed by atoms with Gasteiger partial charge in [-0.05, 0) is 47.1 Å². The Labute approximate surface area is 89.6 Å². The Morgan fingerprint density at radius 3 is 1.14 bits per heavy atom. The summed E-state index contributed by atoms with van der Waals surface area (Å²) in [7, 11) is 0. The van der Waals surface area contributed by atoms with E-state index in [2.05, 4.69) is 51.3 Å². The van der Waals surface area contributed by atoms with Crippen LogP contribution < -0.4 is 0 Å². The minimum Gasteiger partial charge on any atom is -0.359 e. The lowest BCUT2D eigenvalue weighted by Crippen LogP contribution is -2.36. The smallest absolute Gasteiger partial charge is 0.102 e. The molecule has 0 saturated carbocycles. The van der Waals surface area contributed by atoms with Crippen molar-refractivity contribution < 1.29 is 0 Å². The molecule has 0 rings (SSSR count). The van der Waals surface area contributed by atoms with Crippen molar-refractivity contribution in [3.8, 4) is 0 Å². The molecule has 2 heteroatoms. The third-order valence-corrected chi connectivity index (χ3v) is 2.57. The van der Waals surface area contributed by atoms with Crippen LogP contribution in [0.15, 0.2) is 11.4 Å². The monoisotopic (exact) mass is 198 g/mol. The molecular formula is C12H26N2. The van der Waals surface area contributed by atoms with E-state index in [1.807, 2.05) is 0 Å². The first-order valence-electron chi connectivity index (χ1n) is 5.79. The highest BCUT2D eigenvalue weighted by atomic mass is 15.3. The van der Waals surface area contributed by atoms with Gasteiger partial charge in [-0.2, -0.15) is 0 Å². The molecule has 0 aliphatic carbocycles. The molecule has 2 nitrogen and oxygen atoms in total. The van der Waals surface area contributed by atoms with Crippen molar-refractivity contribution >= 4 is 0 Å². The van der Waals surface area contributed by atoms with Gasteiger partial charge in [0.2, 0.25) is 0 Å². The topological polar surface area (TPSA) is 6.48 Å². The number of hydrogen-bond acceptors (Lipinski definition) is 2. The van der Waals surface area contributed by atoms with Gasteiger partial charge in [-0.15, -0.1) is 0 Å². The lowest BCUT2D eigenvalue weighted by atomic mass is 10.3. The second-order valence-corrected chi connectivity index (χ2v) is 3.67. The standard InChI is InChI=1S/C12H26N2/c1-7-13(8-2)12(11(5)6)14(9-3)10-4/h7-10H2,1-6H3. The minimum absolute atomic E-state index is 1.09. The third kappa shape index (κ3) is 3.24. The van der Waals surface area contributed by atoms with Crippen LogP contribution in [0.2, 0.25) is 0 Å². The fraction of sp³-hybridized carbons (Fsp3) is 0.833.